The number of para-hydroxylation sites is 3. The molecule has 0 saturated heterocycles. The van der Waals surface area contributed by atoms with Gasteiger partial charge in [-0.15, -0.1) is 0 Å². The lowest BCUT2D eigenvalue weighted by Gasteiger charge is -2.22. The second-order valence-electron chi connectivity index (χ2n) is 15.0. The smallest absolute Gasteiger partial charge is 0.137 e. The summed E-state index contributed by atoms with van der Waals surface area (Å²) in [5.74, 6) is 2.48. The van der Waals surface area contributed by atoms with Crippen LogP contribution in [0.25, 0.3) is 27.6 Å². The highest BCUT2D eigenvalue weighted by Gasteiger charge is 2.28. The van der Waals surface area contributed by atoms with Gasteiger partial charge in [0.1, 0.15) is 24.0 Å². The van der Waals surface area contributed by atoms with Crippen molar-refractivity contribution in [2.24, 2.45) is 0 Å². The normalized spacial score (nSPS) is 13.3. The molecule has 0 aliphatic carbocycles. The number of ether oxygens (including phenoxy) is 1. The van der Waals surface area contributed by atoms with Crippen LogP contribution in [0.1, 0.15) is 52.7 Å². The third kappa shape index (κ3) is 5.49. The van der Waals surface area contributed by atoms with Crippen molar-refractivity contribution in [2.75, 3.05) is 16.5 Å². The van der Waals surface area contributed by atoms with Gasteiger partial charge >= 0.3 is 0 Å². The second-order valence-corrected chi connectivity index (χ2v) is 15.0. The van der Waals surface area contributed by atoms with Gasteiger partial charge in [-0.05, 0) is 88.7 Å². The van der Waals surface area contributed by atoms with E-state index in [4.69, 9.17) is 9.72 Å². The van der Waals surface area contributed by atoms with E-state index in [2.05, 4.69) is 177 Å². The summed E-state index contributed by atoms with van der Waals surface area (Å²) >= 11 is 0. The molecular formula is C44H42N4O. The molecule has 0 bridgehead atoms. The maximum atomic E-state index is 6.67. The molecule has 0 unspecified atom stereocenters. The highest BCUT2D eigenvalue weighted by atomic mass is 16.5. The average molecular weight is 643 g/mol. The zero-order valence-electron chi connectivity index (χ0n) is 29.1. The molecule has 0 spiro atoms. The molecule has 1 aliphatic heterocycles. The van der Waals surface area contributed by atoms with Crippen molar-refractivity contribution in [1.29, 1.82) is 0 Å². The minimum absolute atomic E-state index is 0.000288. The molecule has 0 N–H and O–H groups in total. The molecule has 0 atom stereocenters. The number of aromatic nitrogens is 2. The van der Waals surface area contributed by atoms with Crippen LogP contribution in [0.15, 0.2) is 134 Å². The molecule has 0 amide bonds. The second kappa shape index (κ2) is 11.6. The monoisotopic (exact) mass is 642 g/mol. The number of anilines is 4. The van der Waals surface area contributed by atoms with Gasteiger partial charge in [0, 0.05) is 40.5 Å². The summed E-state index contributed by atoms with van der Waals surface area (Å²) in [6.07, 6.45) is 1.93. The van der Waals surface area contributed by atoms with Gasteiger partial charge in [-0.2, -0.15) is 0 Å². The number of fused-ring (bicyclic) bond motifs is 4. The predicted molar refractivity (Wildman–Crippen MR) is 205 cm³/mol. The average Bonchev–Trinajstić information content (AvgIpc) is 3.64. The number of rotatable bonds is 5. The van der Waals surface area contributed by atoms with Crippen LogP contribution in [-0.2, 0) is 10.8 Å². The standard InChI is InChI=1S/C44H42N4O/c1-43(2,3)30-24-25-45-41(26-30)48-39-21-13-18-36(44(4,5)6)42(39)35-23-22-34(28-40(35)48)49-33-17-12-16-32(27-33)47-29-46(31-14-8-7-9-15-31)37-19-10-11-20-38(37)47/h7-28H,29H2,1-6H3. The fraction of sp³-hybridized carbons (Fsp3) is 0.205. The molecule has 1 aliphatic rings. The van der Waals surface area contributed by atoms with Gasteiger partial charge in [0.05, 0.1) is 22.4 Å². The summed E-state index contributed by atoms with van der Waals surface area (Å²) in [6, 6.07) is 45.0. The Kier molecular flexibility index (Phi) is 7.25. The Morgan fingerprint density at radius 2 is 1.24 bits per heavy atom. The van der Waals surface area contributed by atoms with Gasteiger partial charge in [-0.25, -0.2) is 4.98 Å². The third-order valence-corrected chi connectivity index (χ3v) is 9.59. The third-order valence-electron chi connectivity index (χ3n) is 9.59. The van der Waals surface area contributed by atoms with Gasteiger partial charge in [0.2, 0.25) is 0 Å². The first-order valence-electron chi connectivity index (χ1n) is 17.1. The topological polar surface area (TPSA) is 33.5 Å². The Morgan fingerprint density at radius 3 is 1.98 bits per heavy atom. The van der Waals surface area contributed by atoms with Gasteiger partial charge in [-0.1, -0.05) is 90.1 Å². The van der Waals surface area contributed by atoms with Gasteiger partial charge in [0.15, 0.2) is 0 Å². The highest BCUT2D eigenvalue weighted by Crippen LogP contribution is 2.45. The number of hydrogen-bond donors (Lipinski definition) is 0. The van der Waals surface area contributed by atoms with E-state index < -0.39 is 0 Å². The van der Waals surface area contributed by atoms with Crippen LogP contribution in [-0.4, -0.2) is 16.2 Å². The van der Waals surface area contributed by atoms with E-state index in [-0.39, 0.29) is 10.8 Å². The van der Waals surface area contributed by atoms with Crippen molar-refractivity contribution in [1.82, 2.24) is 9.55 Å². The lowest BCUT2D eigenvalue weighted by atomic mass is 9.84. The fourth-order valence-corrected chi connectivity index (χ4v) is 7.10. The van der Waals surface area contributed by atoms with Crippen LogP contribution in [0.2, 0.25) is 0 Å². The molecule has 5 heteroatoms. The maximum absolute atomic E-state index is 6.67. The Labute approximate surface area is 289 Å². The summed E-state index contributed by atoms with van der Waals surface area (Å²) in [4.78, 5) is 9.61. The van der Waals surface area contributed by atoms with Crippen LogP contribution >= 0.6 is 0 Å². The highest BCUT2D eigenvalue weighted by molar-refractivity contribution is 6.11. The first-order chi connectivity index (χ1) is 23.6. The molecule has 7 aromatic rings. The van der Waals surface area contributed by atoms with Crippen LogP contribution in [0.3, 0.4) is 0 Å². The number of pyridine rings is 1. The van der Waals surface area contributed by atoms with Crippen molar-refractivity contribution in [2.45, 2.75) is 52.4 Å². The van der Waals surface area contributed by atoms with Crippen LogP contribution in [0.4, 0.5) is 22.7 Å². The molecule has 3 heterocycles. The Balaban J connectivity index is 1.21. The summed E-state index contributed by atoms with van der Waals surface area (Å²) in [5.41, 5.74) is 9.38. The number of benzene rings is 5. The van der Waals surface area contributed by atoms with Crippen molar-refractivity contribution in [3.63, 3.8) is 0 Å². The molecule has 0 fully saturated rings. The number of nitrogens with zero attached hydrogens (tertiary/aromatic N) is 4. The van der Waals surface area contributed by atoms with E-state index in [0.29, 0.717) is 0 Å². The molecule has 5 nitrogen and oxygen atoms in total. The minimum Gasteiger partial charge on any atom is -0.457 e. The summed E-state index contributed by atoms with van der Waals surface area (Å²) in [6.45, 7) is 14.3. The van der Waals surface area contributed by atoms with Crippen molar-refractivity contribution in [3.05, 3.63) is 145 Å². The van der Waals surface area contributed by atoms with Crippen molar-refractivity contribution < 1.29 is 4.74 Å². The largest absolute Gasteiger partial charge is 0.457 e. The zero-order chi connectivity index (χ0) is 33.9. The van der Waals surface area contributed by atoms with Gasteiger partial charge in [-0.3, -0.25) is 4.57 Å². The molecule has 0 saturated carbocycles. The summed E-state index contributed by atoms with van der Waals surface area (Å²) in [7, 11) is 0. The molecule has 8 rings (SSSR count). The fourth-order valence-electron chi connectivity index (χ4n) is 7.10. The van der Waals surface area contributed by atoms with E-state index in [1.165, 1.54) is 39.0 Å². The molecule has 5 aromatic carbocycles. The molecule has 0 radical (unpaired) electrons. The Bertz CT molecular complexity index is 2320. The van der Waals surface area contributed by atoms with E-state index in [1.807, 2.05) is 12.3 Å². The first-order valence-corrected chi connectivity index (χ1v) is 17.1. The van der Waals surface area contributed by atoms with Crippen molar-refractivity contribution in [3.8, 4) is 17.3 Å². The minimum atomic E-state index is -0.0286. The van der Waals surface area contributed by atoms with Gasteiger partial charge < -0.3 is 14.5 Å². The van der Waals surface area contributed by atoms with E-state index in [1.54, 1.807) is 0 Å². The lowest BCUT2D eigenvalue weighted by Crippen LogP contribution is -2.23. The summed E-state index contributed by atoms with van der Waals surface area (Å²) in [5, 5.41) is 2.46. The van der Waals surface area contributed by atoms with E-state index in [0.717, 1.165) is 40.7 Å². The molecule has 244 valence electrons. The van der Waals surface area contributed by atoms with Crippen LogP contribution in [0.5, 0.6) is 11.5 Å². The van der Waals surface area contributed by atoms with Crippen molar-refractivity contribution >= 4 is 44.6 Å². The Morgan fingerprint density at radius 1 is 0.571 bits per heavy atom. The van der Waals surface area contributed by atoms with E-state index in [9.17, 15) is 0 Å². The summed E-state index contributed by atoms with van der Waals surface area (Å²) < 4.78 is 8.98. The lowest BCUT2D eigenvalue weighted by molar-refractivity contribution is 0.483. The Hall–Kier alpha value is -5.55. The molecular weight excluding hydrogens is 601 g/mol. The molecule has 2 aromatic heterocycles. The maximum Gasteiger partial charge on any atom is 0.137 e. The predicted octanol–water partition coefficient (Wildman–Crippen LogP) is 11.8. The zero-order valence-corrected chi connectivity index (χ0v) is 29.1. The van der Waals surface area contributed by atoms with Gasteiger partial charge in [0.25, 0.3) is 0 Å². The van der Waals surface area contributed by atoms with E-state index >= 15 is 0 Å². The SMILES string of the molecule is CC(C)(C)c1ccnc(-n2c3cc(Oc4cccc(N5CN(c6ccccc6)c6ccccc65)c4)ccc3c3c(C(C)(C)C)cccc32)c1. The number of hydrogen-bond acceptors (Lipinski definition) is 4. The van der Waals surface area contributed by atoms with Crippen LogP contribution < -0.4 is 14.5 Å². The quantitative estimate of drug-likeness (QED) is 0.187. The first kappa shape index (κ1) is 30.8. The van der Waals surface area contributed by atoms with Crippen LogP contribution in [0, 0.1) is 0 Å². The molecule has 49 heavy (non-hydrogen) atoms.